The third-order valence-corrected chi connectivity index (χ3v) is 3.06. The Morgan fingerprint density at radius 3 is 2.55 bits per heavy atom. The standard InChI is InChI=1S/C17H18O3/c18-13-6-2-3-8-14-9-7-12-16(19)17(14)20-15-10-4-1-5-11-15/h1,4-5,7,9-13,19H,2-3,6,8H2. The van der Waals surface area contributed by atoms with Gasteiger partial charge in [0.05, 0.1) is 0 Å². The highest BCUT2D eigenvalue weighted by atomic mass is 16.5. The molecule has 0 saturated carbocycles. The monoisotopic (exact) mass is 270 g/mol. The van der Waals surface area contributed by atoms with E-state index in [1.807, 2.05) is 42.5 Å². The van der Waals surface area contributed by atoms with E-state index in [9.17, 15) is 9.90 Å². The molecule has 0 saturated heterocycles. The summed E-state index contributed by atoms with van der Waals surface area (Å²) >= 11 is 0. The molecule has 20 heavy (non-hydrogen) atoms. The first-order valence-electron chi connectivity index (χ1n) is 6.78. The molecule has 0 bridgehead atoms. The van der Waals surface area contributed by atoms with Crippen molar-refractivity contribution in [3.05, 3.63) is 54.1 Å². The molecule has 2 aromatic carbocycles. The molecule has 0 heterocycles. The maximum Gasteiger partial charge on any atom is 0.172 e. The first-order chi connectivity index (χ1) is 9.81. The van der Waals surface area contributed by atoms with Crippen LogP contribution in [0.25, 0.3) is 0 Å². The fourth-order valence-electron chi connectivity index (χ4n) is 2.04. The molecule has 3 heteroatoms. The van der Waals surface area contributed by atoms with Crippen molar-refractivity contribution in [2.75, 3.05) is 0 Å². The summed E-state index contributed by atoms with van der Waals surface area (Å²) in [6.07, 6.45) is 4.04. The topological polar surface area (TPSA) is 46.5 Å². The first kappa shape index (κ1) is 14.1. The van der Waals surface area contributed by atoms with E-state index in [2.05, 4.69) is 0 Å². The van der Waals surface area contributed by atoms with Gasteiger partial charge in [0.25, 0.3) is 0 Å². The minimum absolute atomic E-state index is 0.141. The van der Waals surface area contributed by atoms with Crippen LogP contribution in [0.2, 0.25) is 0 Å². The molecule has 0 radical (unpaired) electrons. The van der Waals surface area contributed by atoms with Gasteiger partial charge in [-0.1, -0.05) is 30.3 Å². The normalized spacial score (nSPS) is 10.2. The maximum absolute atomic E-state index is 10.3. The zero-order chi connectivity index (χ0) is 14.2. The number of aldehydes is 1. The Balaban J connectivity index is 2.12. The number of carbonyl (C=O) groups excluding carboxylic acids is 1. The Morgan fingerprint density at radius 2 is 1.80 bits per heavy atom. The second-order valence-electron chi connectivity index (χ2n) is 4.59. The molecule has 1 N–H and O–H groups in total. The molecule has 104 valence electrons. The van der Waals surface area contributed by atoms with Gasteiger partial charge in [0.1, 0.15) is 12.0 Å². The Morgan fingerprint density at radius 1 is 1.00 bits per heavy atom. The third kappa shape index (κ3) is 3.85. The van der Waals surface area contributed by atoms with Gasteiger partial charge in [0.15, 0.2) is 11.5 Å². The molecule has 0 spiro atoms. The van der Waals surface area contributed by atoms with Gasteiger partial charge in [0.2, 0.25) is 0 Å². The van der Waals surface area contributed by atoms with Crippen LogP contribution in [0.15, 0.2) is 48.5 Å². The van der Waals surface area contributed by atoms with Crippen molar-refractivity contribution < 1.29 is 14.6 Å². The number of ether oxygens (including phenoxy) is 1. The number of benzene rings is 2. The Kier molecular flexibility index (Phi) is 5.18. The summed E-state index contributed by atoms with van der Waals surface area (Å²) in [6.45, 7) is 0. The van der Waals surface area contributed by atoms with Gasteiger partial charge in [-0.15, -0.1) is 0 Å². The van der Waals surface area contributed by atoms with E-state index in [-0.39, 0.29) is 5.75 Å². The number of para-hydroxylation sites is 2. The minimum atomic E-state index is 0.141. The van der Waals surface area contributed by atoms with E-state index in [4.69, 9.17) is 4.74 Å². The molecule has 0 aliphatic rings. The van der Waals surface area contributed by atoms with Crippen molar-refractivity contribution >= 4 is 6.29 Å². The molecule has 0 fully saturated rings. The minimum Gasteiger partial charge on any atom is -0.504 e. The summed E-state index contributed by atoms with van der Waals surface area (Å²) in [5, 5.41) is 9.97. The van der Waals surface area contributed by atoms with Gasteiger partial charge >= 0.3 is 0 Å². The molecule has 0 aliphatic carbocycles. The van der Waals surface area contributed by atoms with Crippen LogP contribution in [-0.4, -0.2) is 11.4 Å². The van der Waals surface area contributed by atoms with E-state index in [1.165, 1.54) is 0 Å². The van der Waals surface area contributed by atoms with Crippen LogP contribution in [0.5, 0.6) is 17.2 Å². The van der Waals surface area contributed by atoms with E-state index in [0.29, 0.717) is 17.9 Å². The zero-order valence-corrected chi connectivity index (χ0v) is 11.3. The van der Waals surface area contributed by atoms with Crippen LogP contribution < -0.4 is 4.74 Å². The SMILES string of the molecule is O=CCCCCc1cccc(O)c1Oc1ccccc1. The van der Waals surface area contributed by atoms with Gasteiger partial charge in [0, 0.05) is 6.42 Å². The maximum atomic E-state index is 10.3. The summed E-state index contributed by atoms with van der Waals surface area (Å²) in [5.41, 5.74) is 0.958. The number of unbranched alkanes of at least 4 members (excludes halogenated alkanes) is 2. The molecule has 0 amide bonds. The number of phenolic OH excluding ortho intramolecular Hbond substituents is 1. The second-order valence-corrected chi connectivity index (χ2v) is 4.59. The van der Waals surface area contributed by atoms with E-state index < -0.39 is 0 Å². The zero-order valence-electron chi connectivity index (χ0n) is 11.3. The largest absolute Gasteiger partial charge is 0.504 e. The van der Waals surface area contributed by atoms with Crippen LogP contribution in [-0.2, 0) is 11.2 Å². The molecule has 0 unspecified atom stereocenters. The fourth-order valence-corrected chi connectivity index (χ4v) is 2.04. The highest BCUT2D eigenvalue weighted by Crippen LogP contribution is 2.34. The molecule has 0 atom stereocenters. The van der Waals surface area contributed by atoms with Crippen molar-refractivity contribution in [2.45, 2.75) is 25.7 Å². The summed E-state index contributed by atoms with van der Waals surface area (Å²) < 4.78 is 5.78. The lowest BCUT2D eigenvalue weighted by Crippen LogP contribution is -1.93. The third-order valence-electron chi connectivity index (χ3n) is 3.06. The van der Waals surface area contributed by atoms with Crippen molar-refractivity contribution in [3.63, 3.8) is 0 Å². The average Bonchev–Trinajstić information content (AvgIpc) is 2.48. The lowest BCUT2D eigenvalue weighted by Gasteiger charge is -2.12. The smallest absolute Gasteiger partial charge is 0.172 e. The van der Waals surface area contributed by atoms with Gasteiger partial charge in [-0.25, -0.2) is 0 Å². The predicted molar refractivity (Wildman–Crippen MR) is 78.2 cm³/mol. The Labute approximate surface area is 118 Å². The highest BCUT2D eigenvalue weighted by Gasteiger charge is 2.10. The Hall–Kier alpha value is -2.29. The van der Waals surface area contributed by atoms with Gasteiger partial charge in [-0.05, 0) is 43.0 Å². The van der Waals surface area contributed by atoms with Gasteiger partial charge < -0.3 is 14.6 Å². The molecule has 2 aromatic rings. The number of hydrogen-bond acceptors (Lipinski definition) is 3. The van der Waals surface area contributed by atoms with E-state index in [1.54, 1.807) is 6.07 Å². The van der Waals surface area contributed by atoms with Crippen LogP contribution >= 0.6 is 0 Å². The molecular formula is C17H18O3. The highest BCUT2D eigenvalue weighted by molar-refractivity contribution is 5.49. The van der Waals surface area contributed by atoms with Crippen molar-refractivity contribution in [1.82, 2.24) is 0 Å². The first-order valence-corrected chi connectivity index (χ1v) is 6.78. The van der Waals surface area contributed by atoms with Crippen LogP contribution in [0.3, 0.4) is 0 Å². The van der Waals surface area contributed by atoms with Crippen LogP contribution in [0.4, 0.5) is 0 Å². The van der Waals surface area contributed by atoms with Crippen LogP contribution in [0, 0.1) is 0 Å². The molecular weight excluding hydrogens is 252 g/mol. The molecule has 2 rings (SSSR count). The number of carbonyl (C=O) groups is 1. The quantitative estimate of drug-likeness (QED) is 0.608. The summed E-state index contributed by atoms with van der Waals surface area (Å²) in [6, 6.07) is 14.8. The molecule has 0 aromatic heterocycles. The second kappa shape index (κ2) is 7.34. The summed E-state index contributed by atoms with van der Waals surface area (Å²) in [7, 11) is 0. The lowest BCUT2D eigenvalue weighted by atomic mass is 10.1. The van der Waals surface area contributed by atoms with Crippen molar-refractivity contribution in [2.24, 2.45) is 0 Å². The summed E-state index contributed by atoms with van der Waals surface area (Å²) in [4.78, 5) is 10.3. The molecule has 0 aliphatic heterocycles. The lowest BCUT2D eigenvalue weighted by molar-refractivity contribution is -0.107. The summed E-state index contributed by atoms with van der Waals surface area (Å²) in [5.74, 6) is 1.34. The predicted octanol–water partition coefficient (Wildman–Crippen LogP) is 4.10. The number of hydrogen-bond donors (Lipinski definition) is 1. The number of rotatable bonds is 7. The number of aryl methyl sites for hydroxylation is 1. The fraction of sp³-hybridized carbons (Fsp3) is 0.235. The number of aromatic hydroxyl groups is 1. The van der Waals surface area contributed by atoms with Crippen molar-refractivity contribution in [1.29, 1.82) is 0 Å². The van der Waals surface area contributed by atoms with Crippen molar-refractivity contribution in [3.8, 4) is 17.2 Å². The van der Waals surface area contributed by atoms with Crippen LogP contribution in [0.1, 0.15) is 24.8 Å². The van der Waals surface area contributed by atoms with E-state index in [0.717, 1.165) is 31.1 Å². The molecule has 3 nitrogen and oxygen atoms in total. The number of phenols is 1. The van der Waals surface area contributed by atoms with Gasteiger partial charge in [-0.3, -0.25) is 0 Å². The Bertz CT molecular complexity index is 549. The van der Waals surface area contributed by atoms with E-state index >= 15 is 0 Å². The average molecular weight is 270 g/mol. The van der Waals surface area contributed by atoms with Gasteiger partial charge in [-0.2, -0.15) is 0 Å².